The van der Waals surface area contributed by atoms with E-state index in [0.717, 1.165) is 17.8 Å². The summed E-state index contributed by atoms with van der Waals surface area (Å²) in [6.07, 6.45) is 2.70. The molecule has 1 aromatic heterocycles. The lowest BCUT2D eigenvalue weighted by molar-refractivity contribution is -0.128. The topological polar surface area (TPSA) is 57.7 Å². The SMILES string of the molecule is CCC=C(C)C(=O)N1CCN(S(=O)(=O)c2ccc(Cl)s2)CC1. The molecule has 0 saturated carbocycles. The highest BCUT2D eigenvalue weighted by atomic mass is 35.5. The first-order valence-electron chi connectivity index (χ1n) is 7.07. The molecule has 2 heterocycles. The van der Waals surface area contributed by atoms with E-state index in [9.17, 15) is 13.2 Å². The molecule has 1 saturated heterocycles. The van der Waals surface area contributed by atoms with E-state index in [1.807, 2.05) is 13.0 Å². The van der Waals surface area contributed by atoms with Gasteiger partial charge in [0.1, 0.15) is 4.21 Å². The number of sulfonamides is 1. The third-order valence-electron chi connectivity index (χ3n) is 3.52. The van der Waals surface area contributed by atoms with Gasteiger partial charge in [0, 0.05) is 31.8 Å². The number of carbonyl (C=O) groups excluding carboxylic acids is 1. The Kier molecular flexibility index (Phi) is 5.65. The zero-order valence-electron chi connectivity index (χ0n) is 12.6. The number of nitrogens with zero attached hydrogens (tertiary/aromatic N) is 2. The van der Waals surface area contributed by atoms with Crippen molar-refractivity contribution in [3.05, 3.63) is 28.1 Å². The molecule has 1 amide bonds. The summed E-state index contributed by atoms with van der Waals surface area (Å²) in [4.78, 5) is 13.9. The number of rotatable bonds is 4. The zero-order chi connectivity index (χ0) is 16.3. The number of allylic oxidation sites excluding steroid dienone is 1. The Bertz CT molecular complexity index is 674. The first kappa shape index (κ1) is 17.5. The summed E-state index contributed by atoms with van der Waals surface area (Å²) in [6, 6.07) is 3.10. The fourth-order valence-corrected chi connectivity index (χ4v) is 5.40. The van der Waals surface area contributed by atoms with Gasteiger partial charge < -0.3 is 4.90 Å². The normalized spacial score (nSPS) is 17.8. The zero-order valence-corrected chi connectivity index (χ0v) is 15.0. The van der Waals surface area contributed by atoms with E-state index < -0.39 is 10.0 Å². The lowest BCUT2D eigenvalue weighted by Crippen LogP contribution is -2.50. The highest BCUT2D eigenvalue weighted by Crippen LogP contribution is 2.28. The number of piperazine rings is 1. The molecule has 0 N–H and O–H groups in total. The van der Waals surface area contributed by atoms with E-state index >= 15 is 0 Å². The largest absolute Gasteiger partial charge is 0.336 e. The van der Waals surface area contributed by atoms with Crippen LogP contribution in [-0.2, 0) is 14.8 Å². The van der Waals surface area contributed by atoms with E-state index in [0.29, 0.717) is 36.1 Å². The van der Waals surface area contributed by atoms with Crippen LogP contribution in [0.2, 0.25) is 4.34 Å². The van der Waals surface area contributed by atoms with Crippen molar-refractivity contribution in [2.45, 2.75) is 24.5 Å². The molecule has 1 aliphatic rings. The van der Waals surface area contributed by atoms with Gasteiger partial charge >= 0.3 is 0 Å². The number of hydrogen-bond donors (Lipinski definition) is 0. The van der Waals surface area contributed by atoms with Gasteiger partial charge in [-0.25, -0.2) is 8.42 Å². The monoisotopic (exact) mass is 362 g/mol. The van der Waals surface area contributed by atoms with Crippen LogP contribution in [0.15, 0.2) is 28.0 Å². The van der Waals surface area contributed by atoms with Crippen LogP contribution < -0.4 is 0 Å². The molecule has 22 heavy (non-hydrogen) atoms. The summed E-state index contributed by atoms with van der Waals surface area (Å²) in [7, 11) is -3.51. The molecule has 0 atom stereocenters. The first-order valence-corrected chi connectivity index (χ1v) is 9.71. The van der Waals surface area contributed by atoms with Gasteiger partial charge in [0.15, 0.2) is 0 Å². The number of halogens is 1. The van der Waals surface area contributed by atoms with Crippen molar-refractivity contribution >= 4 is 38.9 Å². The molecular formula is C14H19ClN2O3S2. The standard InChI is InChI=1S/C14H19ClN2O3S2/c1-3-4-11(2)14(18)16-7-9-17(10-8-16)22(19,20)13-6-5-12(15)21-13/h4-6H,3,7-10H2,1-2H3. The van der Waals surface area contributed by atoms with Crippen LogP contribution in [0.5, 0.6) is 0 Å². The van der Waals surface area contributed by atoms with Crippen molar-refractivity contribution in [3.63, 3.8) is 0 Å². The van der Waals surface area contributed by atoms with Crippen LogP contribution in [0.1, 0.15) is 20.3 Å². The Morgan fingerprint density at radius 2 is 1.95 bits per heavy atom. The van der Waals surface area contributed by atoms with E-state index in [2.05, 4.69) is 0 Å². The summed E-state index contributed by atoms with van der Waals surface area (Å²) >= 11 is 6.86. The molecule has 0 aromatic carbocycles. The van der Waals surface area contributed by atoms with Crippen LogP contribution in [0.4, 0.5) is 0 Å². The summed E-state index contributed by atoms with van der Waals surface area (Å²) in [5.41, 5.74) is 0.712. The molecule has 122 valence electrons. The Balaban J connectivity index is 2.03. The second kappa shape index (κ2) is 7.12. The van der Waals surface area contributed by atoms with Crippen LogP contribution in [0.3, 0.4) is 0 Å². The van der Waals surface area contributed by atoms with Gasteiger partial charge in [0.05, 0.1) is 4.34 Å². The molecule has 0 unspecified atom stereocenters. The quantitative estimate of drug-likeness (QED) is 0.773. The van der Waals surface area contributed by atoms with E-state index in [-0.39, 0.29) is 10.1 Å². The molecule has 1 aliphatic heterocycles. The number of amides is 1. The highest BCUT2D eigenvalue weighted by molar-refractivity contribution is 7.91. The molecule has 0 radical (unpaired) electrons. The Hall–Kier alpha value is -0.890. The third-order valence-corrected chi connectivity index (χ3v) is 7.11. The Morgan fingerprint density at radius 3 is 2.45 bits per heavy atom. The maximum absolute atomic E-state index is 12.5. The van der Waals surface area contributed by atoms with Crippen LogP contribution in [0, 0.1) is 0 Å². The molecule has 8 heteroatoms. The van der Waals surface area contributed by atoms with Crippen molar-refractivity contribution in [1.29, 1.82) is 0 Å². The fourth-order valence-electron chi connectivity index (χ4n) is 2.34. The van der Waals surface area contributed by atoms with Crippen molar-refractivity contribution < 1.29 is 13.2 Å². The Labute approximate surface area is 140 Å². The van der Waals surface area contributed by atoms with E-state index in [1.54, 1.807) is 17.9 Å². The average Bonchev–Trinajstić information content (AvgIpc) is 2.94. The minimum atomic E-state index is -3.51. The highest BCUT2D eigenvalue weighted by Gasteiger charge is 2.31. The lowest BCUT2D eigenvalue weighted by Gasteiger charge is -2.33. The van der Waals surface area contributed by atoms with Gasteiger partial charge in [-0.3, -0.25) is 4.79 Å². The molecule has 0 spiro atoms. The van der Waals surface area contributed by atoms with Gasteiger partial charge in [-0.15, -0.1) is 11.3 Å². The fraction of sp³-hybridized carbons (Fsp3) is 0.500. The smallest absolute Gasteiger partial charge is 0.252 e. The predicted molar refractivity (Wildman–Crippen MR) is 88.7 cm³/mol. The molecule has 1 aromatic rings. The van der Waals surface area contributed by atoms with E-state index in [1.165, 1.54) is 10.4 Å². The average molecular weight is 363 g/mol. The van der Waals surface area contributed by atoms with Crippen LogP contribution in [-0.4, -0.2) is 49.7 Å². The van der Waals surface area contributed by atoms with Gasteiger partial charge in [0.2, 0.25) is 5.91 Å². The lowest BCUT2D eigenvalue weighted by atomic mass is 10.2. The summed E-state index contributed by atoms with van der Waals surface area (Å²) in [6.45, 7) is 5.21. The molecule has 1 fully saturated rings. The van der Waals surface area contributed by atoms with Crippen molar-refractivity contribution in [2.75, 3.05) is 26.2 Å². The van der Waals surface area contributed by atoms with Gasteiger partial charge in [-0.2, -0.15) is 4.31 Å². The summed E-state index contributed by atoms with van der Waals surface area (Å²) < 4.78 is 27.1. The summed E-state index contributed by atoms with van der Waals surface area (Å²) in [5.74, 6) is -0.0157. The number of thiophene rings is 1. The number of carbonyl (C=O) groups is 1. The maximum Gasteiger partial charge on any atom is 0.252 e. The third kappa shape index (κ3) is 3.71. The van der Waals surface area contributed by atoms with Crippen molar-refractivity contribution in [1.82, 2.24) is 9.21 Å². The number of hydrogen-bond acceptors (Lipinski definition) is 4. The van der Waals surface area contributed by atoms with Gasteiger partial charge in [0.25, 0.3) is 10.0 Å². The van der Waals surface area contributed by atoms with Crippen LogP contribution in [0.25, 0.3) is 0 Å². The minimum absolute atomic E-state index is 0.0157. The molecule has 0 bridgehead atoms. The maximum atomic E-state index is 12.5. The van der Waals surface area contributed by atoms with Crippen LogP contribution >= 0.6 is 22.9 Å². The molecule has 0 aliphatic carbocycles. The second-order valence-electron chi connectivity index (χ2n) is 5.05. The Morgan fingerprint density at radius 1 is 1.32 bits per heavy atom. The minimum Gasteiger partial charge on any atom is -0.336 e. The molecule has 2 rings (SSSR count). The van der Waals surface area contributed by atoms with E-state index in [4.69, 9.17) is 11.6 Å². The van der Waals surface area contributed by atoms with Gasteiger partial charge in [-0.1, -0.05) is 24.6 Å². The molecule has 5 nitrogen and oxygen atoms in total. The van der Waals surface area contributed by atoms with Gasteiger partial charge in [-0.05, 0) is 25.5 Å². The second-order valence-corrected chi connectivity index (χ2v) is 8.93. The summed E-state index contributed by atoms with van der Waals surface area (Å²) in [5, 5.41) is 0. The molecular weight excluding hydrogens is 344 g/mol. The first-order chi connectivity index (χ1) is 10.4. The van der Waals surface area contributed by atoms with Crippen molar-refractivity contribution in [3.8, 4) is 0 Å². The van der Waals surface area contributed by atoms with Crippen molar-refractivity contribution in [2.24, 2.45) is 0 Å². The predicted octanol–water partition coefficient (Wildman–Crippen LogP) is 2.59.